The molecule has 0 saturated heterocycles. The van der Waals surface area contributed by atoms with Gasteiger partial charge in [0.05, 0.1) is 18.1 Å². The molecule has 6 nitrogen and oxygen atoms in total. The Morgan fingerprint density at radius 2 is 1.92 bits per heavy atom. The number of hydrogen-bond acceptors (Lipinski definition) is 4. The maximum Gasteiger partial charge on any atom is 0.152 e. The van der Waals surface area contributed by atoms with Crippen LogP contribution in [0.1, 0.15) is 25.6 Å². The van der Waals surface area contributed by atoms with Crippen molar-refractivity contribution in [1.82, 2.24) is 24.3 Å². The van der Waals surface area contributed by atoms with Crippen molar-refractivity contribution in [2.24, 2.45) is 0 Å². The Balaban J connectivity index is 1.77. The van der Waals surface area contributed by atoms with Gasteiger partial charge < -0.3 is 8.98 Å². The predicted octanol–water partition coefficient (Wildman–Crippen LogP) is 4.23. The van der Waals surface area contributed by atoms with Crippen molar-refractivity contribution in [3.05, 3.63) is 67.2 Å². The van der Waals surface area contributed by atoms with Gasteiger partial charge in [-0.15, -0.1) is 0 Å². The molecule has 0 spiro atoms. The van der Waals surface area contributed by atoms with E-state index in [4.69, 9.17) is 4.42 Å². The monoisotopic (exact) mass is 347 g/mol. The van der Waals surface area contributed by atoms with Gasteiger partial charge in [-0.25, -0.2) is 14.6 Å². The molecule has 0 radical (unpaired) electrons. The third-order valence-electron chi connectivity index (χ3n) is 4.48. The smallest absolute Gasteiger partial charge is 0.152 e. The summed E-state index contributed by atoms with van der Waals surface area (Å²) in [6.45, 7) is 4.92. The largest absolute Gasteiger partial charge is 0.459 e. The number of imidazole rings is 1. The summed E-state index contributed by atoms with van der Waals surface area (Å²) in [6.07, 6.45) is 6.03. The van der Waals surface area contributed by atoms with Gasteiger partial charge in [-0.05, 0) is 19.1 Å². The van der Waals surface area contributed by atoms with E-state index in [1.165, 1.54) is 0 Å². The highest BCUT2D eigenvalue weighted by Gasteiger charge is 2.19. The van der Waals surface area contributed by atoms with Crippen molar-refractivity contribution >= 4 is 0 Å². The number of aromatic nitrogens is 5. The van der Waals surface area contributed by atoms with Crippen LogP contribution in [0, 0.1) is 0 Å². The lowest BCUT2D eigenvalue weighted by Crippen LogP contribution is -2.13. The summed E-state index contributed by atoms with van der Waals surface area (Å²) in [4.78, 5) is 8.73. The van der Waals surface area contributed by atoms with Crippen molar-refractivity contribution in [3.8, 4) is 22.7 Å². The summed E-state index contributed by atoms with van der Waals surface area (Å²) in [5.41, 5.74) is 2.99. The van der Waals surface area contributed by atoms with Crippen molar-refractivity contribution in [2.45, 2.75) is 32.9 Å². The van der Waals surface area contributed by atoms with Crippen molar-refractivity contribution in [1.29, 1.82) is 0 Å². The molecule has 6 heteroatoms. The van der Waals surface area contributed by atoms with Gasteiger partial charge in [0.2, 0.25) is 0 Å². The van der Waals surface area contributed by atoms with Gasteiger partial charge in [0, 0.05) is 18.5 Å². The minimum atomic E-state index is 0.148. The van der Waals surface area contributed by atoms with Crippen LogP contribution < -0.4 is 0 Å². The van der Waals surface area contributed by atoms with Crippen LogP contribution in [0.2, 0.25) is 0 Å². The predicted molar refractivity (Wildman–Crippen MR) is 99.5 cm³/mol. The van der Waals surface area contributed by atoms with Crippen molar-refractivity contribution in [2.75, 3.05) is 0 Å². The molecule has 4 aromatic rings. The number of furan rings is 1. The molecule has 3 heterocycles. The highest BCUT2D eigenvalue weighted by atomic mass is 16.3. The topological polar surface area (TPSA) is 61.7 Å². The van der Waals surface area contributed by atoms with E-state index in [-0.39, 0.29) is 6.04 Å². The van der Waals surface area contributed by atoms with E-state index in [1.807, 2.05) is 41.3 Å². The van der Waals surface area contributed by atoms with E-state index < -0.39 is 0 Å². The van der Waals surface area contributed by atoms with Gasteiger partial charge >= 0.3 is 0 Å². The molecular formula is C20H21N5O. The fraction of sp³-hybridized carbons (Fsp3) is 0.250. The molecule has 26 heavy (non-hydrogen) atoms. The zero-order chi connectivity index (χ0) is 17.9. The number of nitrogens with zero attached hydrogens (tertiary/aromatic N) is 5. The summed E-state index contributed by atoms with van der Waals surface area (Å²) >= 11 is 0. The lowest BCUT2D eigenvalue weighted by Gasteiger charge is -2.14. The van der Waals surface area contributed by atoms with Crippen molar-refractivity contribution in [3.63, 3.8) is 0 Å². The molecule has 0 amide bonds. The SMILES string of the molecule is CCc1ccc(-c2c(-c3ccccc3)ncn2C[C@@H](C)n2cncn2)o1. The van der Waals surface area contributed by atoms with E-state index in [9.17, 15) is 0 Å². The Hall–Kier alpha value is -3.15. The zero-order valence-electron chi connectivity index (χ0n) is 14.9. The summed E-state index contributed by atoms with van der Waals surface area (Å²) in [6, 6.07) is 14.4. The second-order valence-electron chi connectivity index (χ2n) is 6.30. The van der Waals surface area contributed by atoms with Gasteiger partial charge in [-0.1, -0.05) is 37.3 Å². The van der Waals surface area contributed by atoms with Crippen LogP contribution in [0.5, 0.6) is 0 Å². The highest BCUT2D eigenvalue weighted by molar-refractivity contribution is 5.76. The normalized spacial score (nSPS) is 12.4. The van der Waals surface area contributed by atoms with Crippen LogP contribution in [0.25, 0.3) is 22.7 Å². The standard InChI is InChI=1S/C20H21N5O/c1-3-17-9-10-18(26-17)20-19(16-7-5-4-6-8-16)22-14-24(20)11-15(2)25-13-21-12-23-25/h4-10,12-15H,3,11H2,1-2H3/t15-/m1/s1. The van der Waals surface area contributed by atoms with Gasteiger partial charge in [-0.3, -0.25) is 0 Å². The van der Waals surface area contributed by atoms with E-state index in [2.05, 4.69) is 45.6 Å². The van der Waals surface area contributed by atoms with Crippen LogP contribution in [-0.4, -0.2) is 24.3 Å². The number of benzene rings is 1. The summed E-state index contributed by atoms with van der Waals surface area (Å²) in [5.74, 6) is 1.81. The molecule has 0 fully saturated rings. The highest BCUT2D eigenvalue weighted by Crippen LogP contribution is 2.33. The molecule has 0 bridgehead atoms. The first-order valence-corrected chi connectivity index (χ1v) is 8.80. The lowest BCUT2D eigenvalue weighted by atomic mass is 10.1. The molecule has 0 aliphatic rings. The molecule has 0 aliphatic heterocycles. The molecule has 132 valence electrons. The average molecular weight is 347 g/mol. The Labute approximate surface area is 152 Å². The second kappa shape index (κ2) is 7.00. The molecule has 0 saturated carbocycles. The summed E-state index contributed by atoms with van der Waals surface area (Å²) in [5, 5.41) is 4.25. The fourth-order valence-electron chi connectivity index (χ4n) is 3.09. The average Bonchev–Trinajstić information content (AvgIpc) is 3.42. The van der Waals surface area contributed by atoms with Gasteiger partial charge in [0.25, 0.3) is 0 Å². The molecule has 4 rings (SSSR count). The Kier molecular flexibility index (Phi) is 4.39. The first-order valence-electron chi connectivity index (χ1n) is 8.80. The minimum absolute atomic E-state index is 0.148. The van der Waals surface area contributed by atoms with Gasteiger partial charge in [0.15, 0.2) is 5.76 Å². The molecule has 0 aliphatic carbocycles. The molecule has 0 unspecified atom stereocenters. The molecule has 1 atom stereocenters. The number of rotatable bonds is 6. The van der Waals surface area contributed by atoms with Crippen LogP contribution in [-0.2, 0) is 13.0 Å². The van der Waals surface area contributed by atoms with Crippen LogP contribution >= 0.6 is 0 Å². The molecule has 1 aromatic carbocycles. The third kappa shape index (κ3) is 3.06. The Morgan fingerprint density at radius 1 is 1.08 bits per heavy atom. The van der Waals surface area contributed by atoms with Gasteiger partial charge in [-0.2, -0.15) is 5.10 Å². The van der Waals surface area contributed by atoms with Crippen LogP contribution in [0.4, 0.5) is 0 Å². The summed E-state index contributed by atoms with van der Waals surface area (Å²) < 4.78 is 10.0. The van der Waals surface area contributed by atoms with E-state index in [0.29, 0.717) is 0 Å². The second-order valence-corrected chi connectivity index (χ2v) is 6.30. The minimum Gasteiger partial charge on any atom is -0.459 e. The zero-order valence-corrected chi connectivity index (χ0v) is 14.9. The van der Waals surface area contributed by atoms with Crippen LogP contribution in [0.3, 0.4) is 0 Å². The number of hydrogen-bond donors (Lipinski definition) is 0. The molecule has 0 N–H and O–H groups in total. The Morgan fingerprint density at radius 3 is 2.62 bits per heavy atom. The first kappa shape index (κ1) is 16.3. The molecular weight excluding hydrogens is 326 g/mol. The Bertz CT molecular complexity index is 969. The first-order chi connectivity index (χ1) is 12.8. The number of aryl methyl sites for hydroxylation is 1. The van der Waals surface area contributed by atoms with Gasteiger partial charge in [0.1, 0.15) is 24.1 Å². The third-order valence-corrected chi connectivity index (χ3v) is 4.48. The van der Waals surface area contributed by atoms with E-state index in [0.717, 1.165) is 41.4 Å². The maximum absolute atomic E-state index is 6.06. The lowest BCUT2D eigenvalue weighted by molar-refractivity contribution is 0.424. The van der Waals surface area contributed by atoms with E-state index >= 15 is 0 Å². The maximum atomic E-state index is 6.06. The van der Waals surface area contributed by atoms with E-state index in [1.54, 1.807) is 12.7 Å². The quantitative estimate of drug-likeness (QED) is 0.524. The van der Waals surface area contributed by atoms with Crippen molar-refractivity contribution < 1.29 is 4.42 Å². The summed E-state index contributed by atoms with van der Waals surface area (Å²) in [7, 11) is 0. The molecule has 3 aromatic heterocycles. The fourth-order valence-corrected chi connectivity index (χ4v) is 3.09. The van der Waals surface area contributed by atoms with Crippen LogP contribution in [0.15, 0.2) is 65.9 Å².